The molecule has 0 aliphatic heterocycles. The van der Waals surface area contributed by atoms with Gasteiger partial charge >= 0.3 is 0 Å². The number of imide groups is 1. The molecule has 1 unspecified atom stereocenters. The van der Waals surface area contributed by atoms with Gasteiger partial charge in [0.2, 0.25) is 5.91 Å². The van der Waals surface area contributed by atoms with Crippen LogP contribution in [0.3, 0.4) is 0 Å². The molecular formula is C23H21NO2. The van der Waals surface area contributed by atoms with Gasteiger partial charge in [0.15, 0.2) is 0 Å². The first-order valence-corrected chi connectivity index (χ1v) is 8.62. The summed E-state index contributed by atoms with van der Waals surface area (Å²) in [4.78, 5) is 26.3. The molecule has 3 nitrogen and oxygen atoms in total. The highest BCUT2D eigenvalue weighted by Gasteiger charge is 2.24. The van der Waals surface area contributed by atoms with Crippen molar-refractivity contribution in [2.75, 3.05) is 0 Å². The molecule has 3 aromatic carbocycles. The maximum Gasteiger partial charge on any atom is 0.253 e. The SMILES string of the molecule is CC(=O)N(C(=O)/C=C/c1ccccc1)C(C)c1cccc2ccccc12. The van der Waals surface area contributed by atoms with E-state index in [2.05, 4.69) is 0 Å². The Hall–Kier alpha value is -3.20. The van der Waals surface area contributed by atoms with Crippen molar-refractivity contribution in [1.82, 2.24) is 4.90 Å². The molecule has 3 rings (SSSR count). The maximum absolute atomic E-state index is 12.7. The highest BCUT2D eigenvalue weighted by molar-refractivity contribution is 6.03. The zero-order valence-electron chi connectivity index (χ0n) is 14.9. The summed E-state index contributed by atoms with van der Waals surface area (Å²) >= 11 is 0. The number of fused-ring (bicyclic) bond motifs is 1. The molecule has 130 valence electrons. The van der Waals surface area contributed by atoms with Crippen LogP contribution < -0.4 is 0 Å². The second kappa shape index (κ2) is 7.79. The lowest BCUT2D eigenvalue weighted by Crippen LogP contribution is -2.36. The Morgan fingerprint density at radius 2 is 1.54 bits per heavy atom. The molecule has 1 atom stereocenters. The zero-order valence-corrected chi connectivity index (χ0v) is 14.9. The monoisotopic (exact) mass is 343 g/mol. The van der Waals surface area contributed by atoms with Gasteiger partial charge in [-0.15, -0.1) is 0 Å². The molecule has 0 spiro atoms. The normalized spacial score (nSPS) is 12.2. The van der Waals surface area contributed by atoms with Crippen LogP contribution >= 0.6 is 0 Å². The smallest absolute Gasteiger partial charge is 0.253 e. The second-order valence-electron chi connectivity index (χ2n) is 6.22. The standard InChI is InChI=1S/C23H21NO2/c1-17(21-14-8-12-20-11-6-7-13-22(20)21)24(18(2)25)23(26)16-15-19-9-4-3-5-10-19/h3-17H,1-2H3/b16-15+. The van der Waals surface area contributed by atoms with E-state index in [0.29, 0.717) is 0 Å². The number of carbonyl (C=O) groups is 2. The average Bonchev–Trinajstić information content (AvgIpc) is 2.66. The summed E-state index contributed by atoms with van der Waals surface area (Å²) in [7, 11) is 0. The van der Waals surface area contributed by atoms with Gasteiger partial charge in [-0.1, -0.05) is 72.8 Å². The summed E-state index contributed by atoms with van der Waals surface area (Å²) in [6.07, 6.45) is 3.19. The van der Waals surface area contributed by atoms with Crippen LogP contribution in [0.2, 0.25) is 0 Å². The van der Waals surface area contributed by atoms with E-state index in [4.69, 9.17) is 0 Å². The maximum atomic E-state index is 12.7. The summed E-state index contributed by atoms with van der Waals surface area (Å²) in [6.45, 7) is 3.31. The van der Waals surface area contributed by atoms with Crippen molar-refractivity contribution in [1.29, 1.82) is 0 Å². The van der Waals surface area contributed by atoms with Gasteiger partial charge in [0, 0.05) is 13.0 Å². The van der Waals surface area contributed by atoms with Gasteiger partial charge in [-0.25, -0.2) is 0 Å². The number of hydrogen-bond acceptors (Lipinski definition) is 2. The number of hydrogen-bond donors (Lipinski definition) is 0. The molecule has 26 heavy (non-hydrogen) atoms. The van der Waals surface area contributed by atoms with Gasteiger partial charge in [-0.05, 0) is 34.9 Å². The summed E-state index contributed by atoms with van der Waals surface area (Å²) < 4.78 is 0. The molecule has 0 aliphatic rings. The van der Waals surface area contributed by atoms with E-state index in [1.165, 1.54) is 17.9 Å². The van der Waals surface area contributed by atoms with Crippen molar-refractivity contribution in [3.8, 4) is 0 Å². The van der Waals surface area contributed by atoms with E-state index in [1.54, 1.807) is 6.08 Å². The average molecular weight is 343 g/mol. The van der Waals surface area contributed by atoms with Gasteiger partial charge in [0.05, 0.1) is 6.04 Å². The van der Waals surface area contributed by atoms with Gasteiger partial charge < -0.3 is 0 Å². The third-order valence-electron chi connectivity index (χ3n) is 4.46. The van der Waals surface area contributed by atoms with Crippen molar-refractivity contribution in [2.45, 2.75) is 19.9 Å². The quantitative estimate of drug-likeness (QED) is 0.626. The van der Waals surface area contributed by atoms with Crippen molar-refractivity contribution in [2.24, 2.45) is 0 Å². The van der Waals surface area contributed by atoms with Crippen LogP contribution in [0.1, 0.15) is 31.0 Å². The van der Waals surface area contributed by atoms with Gasteiger partial charge in [0.25, 0.3) is 5.91 Å². The van der Waals surface area contributed by atoms with E-state index in [-0.39, 0.29) is 17.9 Å². The minimum absolute atomic E-state index is 0.270. The lowest BCUT2D eigenvalue weighted by atomic mass is 9.98. The van der Waals surface area contributed by atoms with Crippen LogP contribution in [0.4, 0.5) is 0 Å². The predicted octanol–water partition coefficient (Wildman–Crippen LogP) is 4.99. The molecule has 0 bridgehead atoms. The molecule has 3 heteroatoms. The molecule has 3 aromatic rings. The van der Waals surface area contributed by atoms with Crippen molar-refractivity contribution >= 4 is 28.7 Å². The summed E-state index contributed by atoms with van der Waals surface area (Å²) in [5, 5.41) is 2.14. The second-order valence-corrected chi connectivity index (χ2v) is 6.22. The molecule has 0 aromatic heterocycles. The topological polar surface area (TPSA) is 37.4 Å². The number of rotatable bonds is 4. The van der Waals surface area contributed by atoms with E-state index in [0.717, 1.165) is 21.9 Å². The lowest BCUT2D eigenvalue weighted by molar-refractivity contribution is -0.142. The van der Waals surface area contributed by atoms with Crippen LogP contribution in [0.15, 0.2) is 78.9 Å². The highest BCUT2D eigenvalue weighted by atomic mass is 16.2. The third-order valence-corrected chi connectivity index (χ3v) is 4.46. The summed E-state index contributed by atoms with van der Waals surface area (Å²) in [5.41, 5.74) is 1.88. The largest absolute Gasteiger partial charge is 0.275 e. The van der Waals surface area contributed by atoms with Crippen LogP contribution in [0, 0.1) is 0 Å². The van der Waals surface area contributed by atoms with Gasteiger partial charge in [-0.2, -0.15) is 0 Å². The number of amides is 2. The van der Waals surface area contributed by atoms with Crippen LogP contribution in [0.5, 0.6) is 0 Å². The fourth-order valence-electron chi connectivity index (χ4n) is 3.18. The van der Waals surface area contributed by atoms with Crippen LogP contribution in [-0.4, -0.2) is 16.7 Å². The fourth-order valence-corrected chi connectivity index (χ4v) is 3.18. The molecular weight excluding hydrogens is 322 g/mol. The third kappa shape index (κ3) is 3.72. The molecule has 0 aliphatic carbocycles. The molecule has 0 heterocycles. The van der Waals surface area contributed by atoms with Crippen molar-refractivity contribution in [3.05, 3.63) is 90.0 Å². The molecule has 2 amide bonds. The molecule has 0 fully saturated rings. The summed E-state index contributed by atoms with van der Waals surface area (Å²) in [5.74, 6) is -0.588. The predicted molar refractivity (Wildman–Crippen MR) is 105 cm³/mol. The zero-order chi connectivity index (χ0) is 18.5. The first kappa shape index (κ1) is 17.6. The first-order chi connectivity index (χ1) is 12.6. The Balaban J connectivity index is 1.93. The van der Waals surface area contributed by atoms with E-state index in [9.17, 15) is 9.59 Å². The van der Waals surface area contributed by atoms with Crippen molar-refractivity contribution < 1.29 is 9.59 Å². The van der Waals surface area contributed by atoms with Crippen LogP contribution in [-0.2, 0) is 9.59 Å². The summed E-state index contributed by atoms with van der Waals surface area (Å²) in [6, 6.07) is 23.2. The Bertz CT molecular complexity index is 955. The number of nitrogens with zero attached hydrogens (tertiary/aromatic N) is 1. The van der Waals surface area contributed by atoms with E-state index < -0.39 is 0 Å². The van der Waals surface area contributed by atoms with Crippen molar-refractivity contribution in [3.63, 3.8) is 0 Å². The minimum atomic E-state index is -0.355. The molecule has 0 N–H and O–H groups in total. The molecule has 0 saturated heterocycles. The Kier molecular flexibility index (Phi) is 5.28. The lowest BCUT2D eigenvalue weighted by Gasteiger charge is -2.26. The van der Waals surface area contributed by atoms with E-state index >= 15 is 0 Å². The molecule has 0 saturated carbocycles. The van der Waals surface area contributed by atoms with Gasteiger partial charge in [-0.3, -0.25) is 14.5 Å². The Morgan fingerprint density at radius 3 is 2.27 bits per heavy atom. The minimum Gasteiger partial charge on any atom is -0.275 e. The van der Waals surface area contributed by atoms with Crippen LogP contribution in [0.25, 0.3) is 16.8 Å². The highest BCUT2D eigenvalue weighted by Crippen LogP contribution is 2.28. The van der Waals surface area contributed by atoms with E-state index in [1.807, 2.05) is 79.7 Å². The van der Waals surface area contributed by atoms with Gasteiger partial charge in [0.1, 0.15) is 0 Å². The number of carbonyl (C=O) groups excluding carboxylic acids is 2. The number of benzene rings is 3. The Labute approximate surface area is 153 Å². The first-order valence-electron chi connectivity index (χ1n) is 8.62. The molecule has 0 radical (unpaired) electrons. The fraction of sp³-hybridized carbons (Fsp3) is 0.130. The Morgan fingerprint density at radius 1 is 0.885 bits per heavy atom.